The van der Waals surface area contributed by atoms with E-state index in [-0.39, 0.29) is 17.2 Å². The van der Waals surface area contributed by atoms with Gasteiger partial charge in [0.1, 0.15) is 18.3 Å². The Morgan fingerprint density at radius 1 is 1.06 bits per heavy atom. The molecule has 5 heteroatoms. The van der Waals surface area contributed by atoms with Crippen molar-refractivity contribution in [3.05, 3.63) is 77.0 Å². The van der Waals surface area contributed by atoms with Gasteiger partial charge in [-0.15, -0.1) is 0 Å². The molecule has 0 fully saturated rings. The minimum atomic E-state index is -0.655. The molecule has 1 unspecified atom stereocenters. The van der Waals surface area contributed by atoms with E-state index in [0.717, 1.165) is 29.7 Å². The van der Waals surface area contributed by atoms with Crippen LogP contribution in [-0.4, -0.2) is 24.1 Å². The molecule has 1 heterocycles. The molecular weight excluding hydrogens is 438 g/mol. The third kappa shape index (κ3) is 5.55. The number of allylic oxidation sites excluding steroid dienone is 2. The number of aliphatic imine (C=N–C) groups is 1. The Morgan fingerprint density at radius 2 is 1.77 bits per heavy atom. The van der Waals surface area contributed by atoms with E-state index < -0.39 is 11.8 Å². The van der Waals surface area contributed by atoms with Gasteiger partial charge in [0, 0.05) is 34.9 Å². The Bertz CT molecular complexity index is 1150. The number of nitrogens with zero attached hydrogens (tertiary/aromatic N) is 1. The number of carbonyl (C=O) groups is 2. The fraction of sp³-hybridized carbons (Fsp3) is 0.433. The summed E-state index contributed by atoms with van der Waals surface area (Å²) in [6.07, 6.45) is 2.87. The van der Waals surface area contributed by atoms with Gasteiger partial charge in [0.05, 0.1) is 6.61 Å². The number of ether oxygens (including phenoxy) is 2. The molecule has 0 radical (unpaired) electrons. The standard InChI is InChI=1S/C30H35NO4/c1-5-6-16-34-29(33)26-20(2)31-23-17-30(3,4)18-24(32)28(23)27(26)22-14-10-11-15-25(22)35-19-21-12-8-7-9-13-21/h7-15,26-27H,5-6,16-19H2,1-4H3/t26?,27-/m1/s1. The minimum Gasteiger partial charge on any atom is -0.489 e. The first-order valence-corrected chi connectivity index (χ1v) is 12.5. The van der Waals surface area contributed by atoms with E-state index in [1.807, 2.05) is 61.5 Å². The molecular formula is C30H35NO4. The van der Waals surface area contributed by atoms with Gasteiger partial charge in [0.25, 0.3) is 0 Å². The lowest BCUT2D eigenvalue weighted by molar-refractivity contribution is -0.146. The van der Waals surface area contributed by atoms with Gasteiger partial charge < -0.3 is 9.47 Å². The summed E-state index contributed by atoms with van der Waals surface area (Å²) in [7, 11) is 0. The zero-order chi connectivity index (χ0) is 25.0. The van der Waals surface area contributed by atoms with Crippen molar-refractivity contribution in [1.29, 1.82) is 0 Å². The zero-order valence-electron chi connectivity index (χ0n) is 21.2. The maximum Gasteiger partial charge on any atom is 0.315 e. The molecule has 35 heavy (non-hydrogen) atoms. The van der Waals surface area contributed by atoms with Crippen molar-refractivity contribution in [2.24, 2.45) is 16.3 Å². The van der Waals surface area contributed by atoms with E-state index in [0.29, 0.717) is 43.1 Å². The molecule has 5 nitrogen and oxygen atoms in total. The van der Waals surface area contributed by atoms with Crippen molar-refractivity contribution < 1.29 is 19.1 Å². The largest absolute Gasteiger partial charge is 0.489 e. The van der Waals surface area contributed by atoms with Gasteiger partial charge in [0.15, 0.2) is 5.78 Å². The summed E-state index contributed by atoms with van der Waals surface area (Å²) in [4.78, 5) is 31.7. The summed E-state index contributed by atoms with van der Waals surface area (Å²) >= 11 is 0. The van der Waals surface area contributed by atoms with Crippen molar-refractivity contribution in [1.82, 2.24) is 0 Å². The van der Waals surface area contributed by atoms with Crippen LogP contribution in [0, 0.1) is 11.3 Å². The number of hydrogen-bond acceptors (Lipinski definition) is 5. The maximum atomic E-state index is 13.5. The van der Waals surface area contributed by atoms with Crippen LogP contribution in [0.25, 0.3) is 0 Å². The highest BCUT2D eigenvalue weighted by atomic mass is 16.5. The Hall–Kier alpha value is -3.21. The number of ketones is 1. The normalized spacial score (nSPS) is 21.3. The van der Waals surface area contributed by atoms with E-state index in [2.05, 4.69) is 20.8 Å². The second-order valence-corrected chi connectivity index (χ2v) is 10.3. The van der Waals surface area contributed by atoms with Crippen molar-refractivity contribution in [2.75, 3.05) is 6.61 Å². The molecule has 1 aliphatic carbocycles. The smallest absolute Gasteiger partial charge is 0.315 e. The molecule has 0 saturated carbocycles. The summed E-state index contributed by atoms with van der Waals surface area (Å²) in [5.74, 6) is -0.732. The molecule has 0 bridgehead atoms. The predicted molar refractivity (Wildman–Crippen MR) is 137 cm³/mol. The zero-order valence-corrected chi connectivity index (χ0v) is 21.2. The first kappa shape index (κ1) is 24.9. The van der Waals surface area contributed by atoms with Crippen molar-refractivity contribution in [3.8, 4) is 5.75 Å². The Labute approximate surface area is 208 Å². The second kappa shape index (κ2) is 10.6. The van der Waals surface area contributed by atoms with Gasteiger partial charge in [-0.25, -0.2) is 0 Å². The summed E-state index contributed by atoms with van der Waals surface area (Å²) in [6.45, 7) is 8.89. The molecule has 0 amide bonds. The topological polar surface area (TPSA) is 65.0 Å². The molecule has 2 aliphatic rings. The van der Waals surface area contributed by atoms with Crippen LogP contribution in [0.2, 0.25) is 0 Å². The van der Waals surface area contributed by atoms with Crippen LogP contribution in [-0.2, 0) is 20.9 Å². The predicted octanol–water partition coefficient (Wildman–Crippen LogP) is 6.43. The minimum absolute atomic E-state index is 0.0571. The Morgan fingerprint density at radius 3 is 2.51 bits per heavy atom. The molecule has 2 aromatic carbocycles. The molecule has 0 spiro atoms. The molecule has 1 aliphatic heterocycles. The summed E-state index contributed by atoms with van der Waals surface area (Å²) < 4.78 is 11.9. The third-order valence-corrected chi connectivity index (χ3v) is 6.79. The van der Waals surface area contributed by atoms with Gasteiger partial charge in [-0.2, -0.15) is 0 Å². The number of benzene rings is 2. The van der Waals surface area contributed by atoms with Crippen molar-refractivity contribution >= 4 is 17.5 Å². The fourth-order valence-corrected chi connectivity index (χ4v) is 5.10. The highest BCUT2D eigenvalue weighted by molar-refractivity contribution is 6.09. The van der Waals surface area contributed by atoms with Crippen LogP contribution in [0.3, 0.4) is 0 Å². The van der Waals surface area contributed by atoms with Crippen molar-refractivity contribution in [2.45, 2.75) is 65.9 Å². The summed E-state index contributed by atoms with van der Waals surface area (Å²) in [5.41, 5.74) is 3.85. The lowest BCUT2D eigenvalue weighted by atomic mass is 9.66. The van der Waals surface area contributed by atoms with E-state index in [1.54, 1.807) is 0 Å². The molecule has 2 aromatic rings. The van der Waals surface area contributed by atoms with E-state index >= 15 is 0 Å². The van der Waals surface area contributed by atoms with Crippen LogP contribution >= 0.6 is 0 Å². The molecule has 2 atom stereocenters. The van der Waals surface area contributed by atoms with E-state index in [4.69, 9.17) is 14.5 Å². The van der Waals surface area contributed by atoms with Crippen LogP contribution in [0.5, 0.6) is 5.75 Å². The van der Waals surface area contributed by atoms with Crippen LogP contribution in [0.4, 0.5) is 0 Å². The Balaban J connectivity index is 1.76. The summed E-state index contributed by atoms with van der Waals surface area (Å²) in [5, 5.41) is 0. The first-order valence-electron chi connectivity index (χ1n) is 12.5. The average molecular weight is 474 g/mol. The summed E-state index contributed by atoms with van der Waals surface area (Å²) in [6, 6.07) is 17.7. The van der Waals surface area contributed by atoms with Crippen molar-refractivity contribution in [3.63, 3.8) is 0 Å². The monoisotopic (exact) mass is 473 g/mol. The van der Waals surface area contributed by atoms with Gasteiger partial charge in [-0.3, -0.25) is 14.6 Å². The van der Waals surface area contributed by atoms with Crippen LogP contribution in [0.1, 0.15) is 70.4 Å². The molecule has 184 valence electrons. The number of Topliss-reactive ketones (excluding diaryl/α,β-unsaturated/α-hetero) is 1. The molecule has 4 rings (SSSR count). The van der Waals surface area contributed by atoms with Gasteiger partial charge in [-0.05, 0) is 36.8 Å². The SMILES string of the molecule is CCCCOC(=O)C1C(C)=NC2=C(C(=O)CC(C)(C)C2)[C@@H]1c1ccccc1OCc1ccccc1. The Kier molecular flexibility index (Phi) is 7.54. The third-order valence-electron chi connectivity index (χ3n) is 6.79. The van der Waals surface area contributed by atoms with Gasteiger partial charge in [0.2, 0.25) is 0 Å². The fourth-order valence-electron chi connectivity index (χ4n) is 5.10. The number of hydrogen-bond donors (Lipinski definition) is 0. The number of rotatable bonds is 8. The number of para-hydroxylation sites is 1. The quantitative estimate of drug-likeness (QED) is 0.327. The van der Waals surface area contributed by atoms with E-state index in [9.17, 15) is 9.59 Å². The van der Waals surface area contributed by atoms with Crippen LogP contribution in [0.15, 0.2) is 70.9 Å². The average Bonchev–Trinajstić information content (AvgIpc) is 2.82. The molecule has 0 aromatic heterocycles. The van der Waals surface area contributed by atoms with Gasteiger partial charge in [-0.1, -0.05) is 75.7 Å². The highest BCUT2D eigenvalue weighted by Gasteiger charge is 2.46. The maximum absolute atomic E-state index is 13.5. The molecule has 0 N–H and O–H groups in total. The highest BCUT2D eigenvalue weighted by Crippen LogP contribution is 2.49. The lowest BCUT2D eigenvalue weighted by Crippen LogP contribution is -2.39. The molecule has 0 saturated heterocycles. The lowest BCUT2D eigenvalue weighted by Gasteiger charge is -2.39. The number of esters is 1. The number of carbonyl (C=O) groups excluding carboxylic acids is 2. The van der Waals surface area contributed by atoms with Crippen LogP contribution < -0.4 is 4.74 Å². The first-order chi connectivity index (χ1) is 16.8. The second-order valence-electron chi connectivity index (χ2n) is 10.3. The van der Waals surface area contributed by atoms with E-state index in [1.165, 1.54) is 0 Å². The number of unbranched alkanes of at least 4 members (excludes halogenated alkanes) is 1. The van der Waals surface area contributed by atoms with Gasteiger partial charge >= 0.3 is 5.97 Å².